The Bertz CT molecular complexity index is 653. The standard InChI is InChI=1S/C16H20N2O3S/c1-4-12-14(16(19)20)22-15(17-12)11-7-5-6-8-13(11)21-10-9-18(2)3/h5-8H,4,9-10H2,1-3H3,(H,19,20). The smallest absolute Gasteiger partial charge is 0.137 e. The van der Waals surface area contributed by atoms with Gasteiger partial charge < -0.3 is 19.5 Å². The second kappa shape index (κ2) is 7.38. The van der Waals surface area contributed by atoms with Crippen LogP contribution in [0.25, 0.3) is 10.6 Å². The zero-order chi connectivity index (χ0) is 16.1. The van der Waals surface area contributed by atoms with Gasteiger partial charge in [-0.15, -0.1) is 11.3 Å². The van der Waals surface area contributed by atoms with E-state index in [0.29, 0.717) is 23.7 Å². The van der Waals surface area contributed by atoms with Crippen molar-refractivity contribution < 1.29 is 19.5 Å². The summed E-state index contributed by atoms with van der Waals surface area (Å²) in [5.41, 5.74) is 1.39. The first-order chi connectivity index (χ1) is 10.5. The number of aromatic carboxylic acids is 1. The van der Waals surface area contributed by atoms with Crippen molar-refractivity contribution in [3.05, 3.63) is 34.8 Å². The number of quaternary nitrogens is 1. The molecule has 22 heavy (non-hydrogen) atoms. The van der Waals surface area contributed by atoms with Gasteiger partial charge in [0.15, 0.2) is 0 Å². The predicted octanol–water partition coefficient (Wildman–Crippen LogP) is 0.259. The van der Waals surface area contributed by atoms with Gasteiger partial charge in [0, 0.05) is 0 Å². The van der Waals surface area contributed by atoms with Crippen LogP contribution in [-0.4, -0.2) is 38.2 Å². The summed E-state index contributed by atoms with van der Waals surface area (Å²) in [6.45, 7) is 3.36. The molecule has 0 fully saturated rings. The highest BCUT2D eigenvalue weighted by Gasteiger charge is 2.15. The number of para-hydroxylation sites is 1. The van der Waals surface area contributed by atoms with E-state index in [9.17, 15) is 9.90 Å². The van der Waals surface area contributed by atoms with Crippen LogP contribution >= 0.6 is 11.3 Å². The molecule has 0 aliphatic rings. The molecule has 0 saturated carbocycles. The van der Waals surface area contributed by atoms with Crippen molar-refractivity contribution in [2.45, 2.75) is 13.3 Å². The summed E-state index contributed by atoms with van der Waals surface area (Å²) in [7, 11) is 4.13. The minimum atomic E-state index is -1.17. The summed E-state index contributed by atoms with van der Waals surface area (Å²) in [5.74, 6) is -0.444. The van der Waals surface area contributed by atoms with Crippen LogP contribution in [0.2, 0.25) is 0 Å². The quantitative estimate of drug-likeness (QED) is 0.795. The first kappa shape index (κ1) is 16.5. The van der Waals surface area contributed by atoms with E-state index in [1.165, 1.54) is 4.90 Å². The van der Waals surface area contributed by atoms with E-state index in [1.54, 1.807) is 0 Å². The Morgan fingerprint density at radius 1 is 1.36 bits per heavy atom. The number of rotatable bonds is 7. The van der Waals surface area contributed by atoms with E-state index in [0.717, 1.165) is 29.2 Å². The minimum Gasteiger partial charge on any atom is -0.544 e. The average Bonchev–Trinajstić information content (AvgIpc) is 2.91. The molecule has 0 atom stereocenters. The van der Waals surface area contributed by atoms with Crippen molar-refractivity contribution in [3.8, 4) is 16.3 Å². The fourth-order valence-corrected chi connectivity index (χ4v) is 3.02. The molecule has 0 aliphatic heterocycles. The molecule has 0 radical (unpaired) electrons. The molecule has 0 spiro atoms. The maximum Gasteiger partial charge on any atom is 0.137 e. The van der Waals surface area contributed by atoms with Crippen molar-refractivity contribution in [1.29, 1.82) is 0 Å². The molecular weight excluding hydrogens is 300 g/mol. The number of ether oxygens (including phenoxy) is 1. The maximum absolute atomic E-state index is 11.2. The normalized spacial score (nSPS) is 10.9. The highest BCUT2D eigenvalue weighted by molar-refractivity contribution is 7.17. The molecule has 1 aromatic heterocycles. The topological polar surface area (TPSA) is 66.7 Å². The third kappa shape index (κ3) is 3.84. The number of hydrogen-bond acceptors (Lipinski definition) is 5. The zero-order valence-corrected chi connectivity index (χ0v) is 13.8. The second-order valence-corrected chi connectivity index (χ2v) is 6.24. The van der Waals surface area contributed by atoms with Crippen LogP contribution in [0.1, 0.15) is 22.3 Å². The lowest BCUT2D eigenvalue weighted by Gasteiger charge is -2.11. The number of carboxylic acid groups (broad SMARTS) is 1. The molecule has 2 aromatic rings. The maximum atomic E-state index is 11.2. The number of carbonyl (C=O) groups is 1. The number of aromatic nitrogens is 1. The molecule has 118 valence electrons. The van der Waals surface area contributed by atoms with Gasteiger partial charge in [0.2, 0.25) is 0 Å². The molecule has 1 N–H and O–H groups in total. The third-order valence-electron chi connectivity index (χ3n) is 3.19. The SMILES string of the molecule is CCc1nc(-c2ccccc2OCC[NH+](C)C)sc1C(=O)[O-]. The highest BCUT2D eigenvalue weighted by Crippen LogP contribution is 2.34. The van der Waals surface area contributed by atoms with Gasteiger partial charge in [-0.05, 0) is 18.6 Å². The van der Waals surface area contributed by atoms with Gasteiger partial charge in [0.1, 0.15) is 23.9 Å². The molecule has 0 unspecified atom stereocenters. The van der Waals surface area contributed by atoms with E-state index < -0.39 is 5.97 Å². The molecule has 0 bridgehead atoms. The van der Waals surface area contributed by atoms with Crippen molar-refractivity contribution in [2.24, 2.45) is 0 Å². The van der Waals surface area contributed by atoms with E-state index in [1.807, 2.05) is 31.2 Å². The Morgan fingerprint density at radius 3 is 2.68 bits per heavy atom. The Morgan fingerprint density at radius 2 is 2.09 bits per heavy atom. The number of carboxylic acids is 1. The van der Waals surface area contributed by atoms with E-state index in [-0.39, 0.29) is 4.88 Å². The number of nitrogens with one attached hydrogen (secondary N) is 1. The van der Waals surface area contributed by atoms with Gasteiger partial charge in [-0.3, -0.25) is 0 Å². The molecule has 6 heteroatoms. The average molecular weight is 320 g/mol. The fraction of sp³-hybridized carbons (Fsp3) is 0.375. The van der Waals surface area contributed by atoms with Crippen molar-refractivity contribution in [2.75, 3.05) is 27.2 Å². The van der Waals surface area contributed by atoms with Gasteiger partial charge in [-0.25, -0.2) is 4.98 Å². The lowest BCUT2D eigenvalue weighted by atomic mass is 10.2. The van der Waals surface area contributed by atoms with Gasteiger partial charge in [0.05, 0.1) is 36.2 Å². The first-order valence-electron chi connectivity index (χ1n) is 7.25. The molecular formula is C16H20N2O3S. The van der Waals surface area contributed by atoms with E-state index in [2.05, 4.69) is 19.1 Å². The summed E-state index contributed by atoms with van der Waals surface area (Å²) in [4.78, 5) is 17.1. The lowest BCUT2D eigenvalue weighted by molar-refractivity contribution is -0.858. The van der Waals surface area contributed by atoms with Crippen molar-refractivity contribution in [3.63, 3.8) is 0 Å². The summed E-state index contributed by atoms with van der Waals surface area (Å²) in [5, 5.41) is 11.8. The number of hydrogen-bond donors (Lipinski definition) is 1. The van der Waals surface area contributed by atoms with Crippen molar-refractivity contribution >= 4 is 17.3 Å². The van der Waals surface area contributed by atoms with Gasteiger partial charge in [-0.1, -0.05) is 19.1 Å². The molecule has 2 rings (SSSR count). The molecule has 5 nitrogen and oxygen atoms in total. The molecule has 0 saturated heterocycles. The van der Waals surface area contributed by atoms with Gasteiger partial charge in [-0.2, -0.15) is 0 Å². The lowest BCUT2D eigenvalue weighted by Crippen LogP contribution is -3.06. The number of likely N-dealkylation sites (N-methyl/N-ethyl adjacent to an activating group) is 1. The molecule has 1 aromatic carbocycles. The fourth-order valence-electron chi connectivity index (χ4n) is 2.00. The summed E-state index contributed by atoms with van der Waals surface area (Å²) < 4.78 is 5.83. The Balaban J connectivity index is 2.30. The van der Waals surface area contributed by atoms with Crippen LogP contribution in [0.15, 0.2) is 24.3 Å². The second-order valence-electron chi connectivity index (χ2n) is 5.24. The summed E-state index contributed by atoms with van der Waals surface area (Å²) in [6.07, 6.45) is 0.562. The first-order valence-corrected chi connectivity index (χ1v) is 8.06. The van der Waals surface area contributed by atoms with E-state index in [4.69, 9.17) is 4.74 Å². The van der Waals surface area contributed by atoms with Crippen LogP contribution < -0.4 is 14.7 Å². The summed E-state index contributed by atoms with van der Waals surface area (Å²) in [6, 6.07) is 7.57. The van der Waals surface area contributed by atoms with Crippen LogP contribution in [0.5, 0.6) is 5.75 Å². The summed E-state index contributed by atoms with van der Waals surface area (Å²) >= 11 is 1.14. The number of thiazole rings is 1. The Kier molecular flexibility index (Phi) is 5.51. The van der Waals surface area contributed by atoms with Crippen molar-refractivity contribution in [1.82, 2.24) is 4.98 Å². The molecule has 1 heterocycles. The Hall–Kier alpha value is -1.92. The number of carbonyl (C=O) groups excluding carboxylic acids is 1. The number of nitrogens with zero attached hydrogens (tertiary/aromatic N) is 1. The monoisotopic (exact) mass is 320 g/mol. The van der Waals surface area contributed by atoms with E-state index >= 15 is 0 Å². The van der Waals surface area contributed by atoms with Crippen LogP contribution in [0.4, 0.5) is 0 Å². The predicted molar refractivity (Wildman–Crippen MR) is 84.4 cm³/mol. The highest BCUT2D eigenvalue weighted by atomic mass is 32.1. The van der Waals surface area contributed by atoms with Crippen LogP contribution in [-0.2, 0) is 6.42 Å². The largest absolute Gasteiger partial charge is 0.544 e. The zero-order valence-electron chi connectivity index (χ0n) is 13.0. The number of benzene rings is 1. The van der Waals surface area contributed by atoms with Gasteiger partial charge in [0.25, 0.3) is 0 Å². The Labute approximate surface area is 134 Å². The van der Waals surface area contributed by atoms with Crippen LogP contribution in [0, 0.1) is 0 Å². The molecule has 0 aliphatic carbocycles. The van der Waals surface area contributed by atoms with Gasteiger partial charge >= 0.3 is 0 Å². The minimum absolute atomic E-state index is 0.199. The molecule has 0 amide bonds. The number of aryl methyl sites for hydroxylation is 1. The third-order valence-corrected chi connectivity index (χ3v) is 4.31. The van der Waals surface area contributed by atoms with Crippen LogP contribution in [0.3, 0.4) is 0 Å².